The molecule has 3 heterocycles. The first-order valence-corrected chi connectivity index (χ1v) is 18.2. The molecule has 3 aromatic rings. The Labute approximate surface area is 285 Å². The second-order valence-electron chi connectivity index (χ2n) is 13.5. The highest BCUT2D eigenvalue weighted by Crippen LogP contribution is 2.61. The summed E-state index contributed by atoms with van der Waals surface area (Å²) >= 11 is 0. The van der Waals surface area contributed by atoms with Crippen LogP contribution in [-0.2, 0) is 11.0 Å². The van der Waals surface area contributed by atoms with Gasteiger partial charge >= 0.3 is 35.8 Å². The van der Waals surface area contributed by atoms with E-state index in [1.165, 1.54) is 39.2 Å². The van der Waals surface area contributed by atoms with Crippen molar-refractivity contribution in [3.05, 3.63) is 63.4 Å². The van der Waals surface area contributed by atoms with Crippen molar-refractivity contribution in [2.45, 2.75) is 120 Å². The van der Waals surface area contributed by atoms with Gasteiger partial charge in [0.25, 0.3) is 5.56 Å². The second kappa shape index (κ2) is 13.1. The van der Waals surface area contributed by atoms with E-state index < -0.39 is 79.3 Å². The number of hydrogen-bond donors (Lipinski definition) is 0. The van der Waals surface area contributed by atoms with E-state index in [9.17, 15) is 53.1 Å². The summed E-state index contributed by atoms with van der Waals surface area (Å²) in [6.07, 6.45) is -10.8. The van der Waals surface area contributed by atoms with Gasteiger partial charge in [0.15, 0.2) is 8.32 Å². The largest absolute Gasteiger partial charge is 0.460 e. The van der Waals surface area contributed by atoms with Gasteiger partial charge in [-0.2, -0.15) is 57.1 Å². The molecule has 284 valence electrons. The minimum atomic E-state index is -7.96. The average molecular weight is 767 g/mol. The summed E-state index contributed by atoms with van der Waals surface area (Å²) in [6.45, 7) is 9.18. The Morgan fingerprint density at radius 1 is 0.824 bits per heavy atom. The molecule has 0 amide bonds. The number of fused-ring (bicyclic) bond motifs is 4. The molecule has 0 spiro atoms. The molecule has 1 aliphatic heterocycles. The van der Waals surface area contributed by atoms with Crippen LogP contribution in [0, 0.1) is 6.92 Å². The van der Waals surface area contributed by atoms with Crippen LogP contribution < -0.4 is 5.56 Å². The molecular weight excluding hydrogens is 731 g/mol. The van der Waals surface area contributed by atoms with Gasteiger partial charge in [-0.05, 0) is 54.2 Å². The van der Waals surface area contributed by atoms with Gasteiger partial charge in [-0.15, -0.1) is 0 Å². The first-order valence-electron chi connectivity index (χ1n) is 15.9. The fraction of sp³-hybridized carbons (Fsp3) is 0.576. The monoisotopic (exact) mass is 766 g/mol. The molecule has 0 saturated heterocycles. The standard InChI is InChI=1S/C33H35F13N2O2Si/c1-7-25(22-15-24-26-21(16-48(24)27(49)19(22)6)14-20-10-8-9-11-23(20)47-26)50-51(17(2)3,18(4)5)13-12-28(34,35)29(36,37)30(38,39)31(40,41)32(42,43)33(44,45)46/h8-11,14-15,17-18,25H,7,12-13,16H2,1-6H3/t25-/m1/s1. The van der Waals surface area contributed by atoms with E-state index in [0.29, 0.717) is 22.5 Å². The zero-order chi connectivity index (χ0) is 38.9. The van der Waals surface area contributed by atoms with Crippen LogP contribution in [0.15, 0.2) is 41.2 Å². The minimum Gasteiger partial charge on any atom is -0.409 e. The van der Waals surface area contributed by atoms with Gasteiger partial charge in [0.1, 0.15) is 0 Å². The summed E-state index contributed by atoms with van der Waals surface area (Å²) in [5.41, 5.74) is 0.838. The van der Waals surface area contributed by atoms with E-state index in [0.717, 1.165) is 10.9 Å². The van der Waals surface area contributed by atoms with E-state index in [1.807, 2.05) is 18.2 Å². The number of benzene rings is 1. The van der Waals surface area contributed by atoms with Gasteiger partial charge < -0.3 is 8.99 Å². The molecule has 0 saturated carbocycles. The summed E-state index contributed by atoms with van der Waals surface area (Å²) < 4.78 is 188. The van der Waals surface area contributed by atoms with Gasteiger partial charge in [0, 0.05) is 22.9 Å². The van der Waals surface area contributed by atoms with Crippen LogP contribution in [0.2, 0.25) is 17.1 Å². The quantitative estimate of drug-likeness (QED) is 0.101. The highest BCUT2D eigenvalue weighted by molar-refractivity contribution is 6.76. The maximum atomic E-state index is 15.1. The first-order chi connectivity index (χ1) is 23.1. The summed E-state index contributed by atoms with van der Waals surface area (Å²) in [7, 11) is -3.95. The summed E-state index contributed by atoms with van der Waals surface area (Å²) in [5, 5.41) is 0.825. The maximum absolute atomic E-state index is 15.1. The SMILES string of the molecule is CC[C@@H](O[Si](CCC(F)(F)C(F)(F)C(F)(F)C(F)(F)C(F)(F)C(F)(F)F)(C(C)C)C(C)C)c1cc2n(c(=O)c1C)Cc1cc3ccccc3nc1-2. The Bertz CT molecular complexity index is 1830. The van der Waals surface area contributed by atoms with Gasteiger partial charge in [-0.3, -0.25) is 4.79 Å². The molecule has 0 radical (unpaired) electrons. The highest BCUT2D eigenvalue weighted by Gasteiger charge is 2.90. The molecule has 1 aliphatic rings. The van der Waals surface area contributed by atoms with Crippen molar-refractivity contribution < 1.29 is 61.5 Å². The number of halogens is 13. The molecule has 1 atom stereocenters. The number of rotatable bonds is 13. The van der Waals surface area contributed by atoms with Crippen molar-refractivity contribution in [3.63, 3.8) is 0 Å². The number of para-hydroxylation sites is 1. The Hall–Kier alpha value is -3.15. The van der Waals surface area contributed by atoms with Gasteiger partial charge in [-0.1, -0.05) is 52.8 Å². The normalized spacial score (nSPS) is 15.5. The summed E-state index contributed by atoms with van der Waals surface area (Å²) in [5.74, 6) is -37.2. The molecule has 4 rings (SSSR count). The molecule has 1 aromatic carbocycles. The third-order valence-electron chi connectivity index (χ3n) is 9.82. The maximum Gasteiger partial charge on any atom is 0.460 e. The number of alkyl halides is 13. The third-order valence-corrected chi connectivity index (χ3v) is 15.5. The number of aromatic nitrogens is 2. The lowest BCUT2D eigenvalue weighted by Gasteiger charge is -2.44. The molecule has 0 N–H and O–H groups in total. The first kappa shape index (κ1) is 40.6. The van der Waals surface area contributed by atoms with Crippen LogP contribution in [0.4, 0.5) is 57.1 Å². The van der Waals surface area contributed by atoms with E-state index >= 15 is 8.78 Å². The van der Waals surface area contributed by atoms with Crippen molar-refractivity contribution in [3.8, 4) is 11.4 Å². The minimum absolute atomic E-state index is 0.0826. The zero-order valence-corrected chi connectivity index (χ0v) is 29.1. The second-order valence-corrected chi connectivity index (χ2v) is 18.4. The fourth-order valence-corrected chi connectivity index (χ4v) is 11.3. The molecule has 0 fully saturated rings. The average Bonchev–Trinajstić information content (AvgIpc) is 3.38. The fourth-order valence-electron chi connectivity index (χ4n) is 6.65. The highest BCUT2D eigenvalue weighted by atomic mass is 28.4. The molecule has 51 heavy (non-hydrogen) atoms. The van der Waals surface area contributed by atoms with Crippen molar-refractivity contribution in [2.75, 3.05) is 0 Å². The number of hydrogen-bond acceptors (Lipinski definition) is 3. The number of nitrogens with zero attached hydrogens (tertiary/aromatic N) is 2. The molecular formula is C33H35F13N2O2Si. The Morgan fingerprint density at radius 2 is 1.37 bits per heavy atom. The van der Waals surface area contributed by atoms with E-state index in [1.54, 1.807) is 25.1 Å². The molecule has 18 heteroatoms. The van der Waals surface area contributed by atoms with Crippen molar-refractivity contribution >= 4 is 19.2 Å². The van der Waals surface area contributed by atoms with Crippen LogP contribution >= 0.6 is 0 Å². The molecule has 0 unspecified atom stereocenters. The topological polar surface area (TPSA) is 44.1 Å². The zero-order valence-electron chi connectivity index (χ0n) is 28.1. The number of pyridine rings is 2. The lowest BCUT2D eigenvalue weighted by molar-refractivity contribution is -0.440. The molecule has 0 bridgehead atoms. The summed E-state index contributed by atoms with van der Waals surface area (Å²) in [4.78, 5) is 18.3. The van der Waals surface area contributed by atoms with Gasteiger partial charge in [0.2, 0.25) is 0 Å². The van der Waals surface area contributed by atoms with Crippen molar-refractivity contribution in [2.24, 2.45) is 0 Å². The molecule has 2 aromatic heterocycles. The van der Waals surface area contributed by atoms with E-state index in [4.69, 9.17) is 9.41 Å². The Kier molecular flexibility index (Phi) is 10.4. The summed E-state index contributed by atoms with van der Waals surface area (Å²) in [6, 6.07) is 9.59. The van der Waals surface area contributed by atoms with Gasteiger partial charge in [-0.25, -0.2) is 4.98 Å². The molecule has 4 nitrogen and oxygen atoms in total. The van der Waals surface area contributed by atoms with Crippen LogP contribution in [0.5, 0.6) is 0 Å². The van der Waals surface area contributed by atoms with E-state index in [2.05, 4.69) is 0 Å². The smallest absolute Gasteiger partial charge is 0.409 e. The van der Waals surface area contributed by atoms with Gasteiger partial charge in [0.05, 0.1) is 29.6 Å². The van der Waals surface area contributed by atoms with Crippen molar-refractivity contribution in [1.29, 1.82) is 0 Å². The predicted molar refractivity (Wildman–Crippen MR) is 166 cm³/mol. The van der Waals surface area contributed by atoms with Crippen LogP contribution in [0.3, 0.4) is 0 Å². The lowest BCUT2D eigenvalue weighted by atomic mass is 9.93. The predicted octanol–water partition coefficient (Wildman–Crippen LogP) is 11.1. The lowest BCUT2D eigenvalue weighted by Crippen LogP contribution is -2.70. The Balaban J connectivity index is 1.73. The van der Waals surface area contributed by atoms with Crippen LogP contribution in [0.25, 0.3) is 22.3 Å². The van der Waals surface area contributed by atoms with Crippen molar-refractivity contribution in [1.82, 2.24) is 9.55 Å². The molecule has 0 aliphatic carbocycles. The van der Waals surface area contributed by atoms with Crippen LogP contribution in [-0.4, -0.2) is 53.7 Å². The third kappa shape index (κ3) is 6.24. The van der Waals surface area contributed by atoms with Crippen LogP contribution in [0.1, 0.15) is 70.3 Å². The Morgan fingerprint density at radius 3 is 1.90 bits per heavy atom. The van der Waals surface area contributed by atoms with E-state index in [-0.39, 0.29) is 18.5 Å².